The average Bonchev–Trinajstić information content (AvgIpc) is 2.85. The number of imide groups is 1. The molecule has 0 bridgehead atoms. The van der Waals surface area contributed by atoms with E-state index in [1.165, 1.54) is 4.90 Å². The summed E-state index contributed by atoms with van der Waals surface area (Å²) < 4.78 is 5.27. The molecule has 1 N–H and O–H groups in total. The van der Waals surface area contributed by atoms with Crippen LogP contribution in [0.5, 0.6) is 5.75 Å². The lowest BCUT2D eigenvalue weighted by Gasteiger charge is -2.19. The molecule has 2 amide bonds. The molecule has 2 aromatic rings. The van der Waals surface area contributed by atoms with Crippen LogP contribution in [0, 0.1) is 6.92 Å². The second-order valence-electron chi connectivity index (χ2n) is 5.55. The standard InChI is InChI=1S/C18H17ClN2O3/c1-11-12(19)6-5-8-15(11)21-17(22)10-14(18(21)23)20-13-7-3-4-9-16(13)24-2/h3-9,14,20H,10H2,1-2H3/t14-/m0/s1. The van der Waals surface area contributed by atoms with E-state index in [2.05, 4.69) is 5.32 Å². The van der Waals surface area contributed by atoms with Crippen LogP contribution in [0.4, 0.5) is 11.4 Å². The Morgan fingerprint density at radius 3 is 2.67 bits per heavy atom. The summed E-state index contributed by atoms with van der Waals surface area (Å²) in [4.78, 5) is 26.3. The molecule has 0 unspecified atom stereocenters. The van der Waals surface area contributed by atoms with Crippen LogP contribution in [-0.2, 0) is 9.59 Å². The fourth-order valence-electron chi connectivity index (χ4n) is 2.79. The molecule has 1 atom stereocenters. The molecule has 2 aromatic carbocycles. The van der Waals surface area contributed by atoms with Gasteiger partial charge in [0.1, 0.15) is 11.8 Å². The number of methoxy groups -OCH3 is 1. The van der Waals surface area contributed by atoms with Crippen molar-refractivity contribution in [2.75, 3.05) is 17.3 Å². The zero-order valence-electron chi connectivity index (χ0n) is 13.4. The van der Waals surface area contributed by atoms with Gasteiger partial charge in [-0.15, -0.1) is 0 Å². The van der Waals surface area contributed by atoms with E-state index in [1.54, 1.807) is 38.3 Å². The van der Waals surface area contributed by atoms with Gasteiger partial charge in [-0.2, -0.15) is 0 Å². The van der Waals surface area contributed by atoms with Gasteiger partial charge in [0.25, 0.3) is 5.91 Å². The summed E-state index contributed by atoms with van der Waals surface area (Å²) in [6.45, 7) is 1.79. The number of para-hydroxylation sites is 2. The fraction of sp³-hybridized carbons (Fsp3) is 0.222. The van der Waals surface area contributed by atoms with Gasteiger partial charge in [0.05, 0.1) is 24.9 Å². The van der Waals surface area contributed by atoms with Crippen molar-refractivity contribution in [1.82, 2.24) is 0 Å². The van der Waals surface area contributed by atoms with E-state index >= 15 is 0 Å². The van der Waals surface area contributed by atoms with Crippen molar-refractivity contribution < 1.29 is 14.3 Å². The SMILES string of the molecule is COc1ccccc1N[C@H]1CC(=O)N(c2cccc(Cl)c2C)C1=O. The van der Waals surface area contributed by atoms with Crippen molar-refractivity contribution in [1.29, 1.82) is 0 Å². The smallest absolute Gasteiger partial charge is 0.256 e. The Kier molecular flexibility index (Phi) is 4.44. The molecular weight excluding hydrogens is 328 g/mol. The van der Waals surface area contributed by atoms with Gasteiger partial charge in [-0.1, -0.05) is 29.8 Å². The van der Waals surface area contributed by atoms with Crippen LogP contribution in [0.3, 0.4) is 0 Å². The molecule has 0 spiro atoms. The Morgan fingerprint density at radius 1 is 1.17 bits per heavy atom. The summed E-state index contributed by atoms with van der Waals surface area (Å²) in [5, 5.41) is 3.63. The van der Waals surface area contributed by atoms with Gasteiger partial charge >= 0.3 is 0 Å². The maximum atomic E-state index is 12.7. The van der Waals surface area contributed by atoms with Gasteiger partial charge < -0.3 is 10.1 Å². The molecule has 6 heteroatoms. The number of anilines is 2. The van der Waals surface area contributed by atoms with Crippen LogP contribution in [-0.4, -0.2) is 25.0 Å². The maximum absolute atomic E-state index is 12.7. The highest BCUT2D eigenvalue weighted by Gasteiger charge is 2.40. The Labute approximate surface area is 145 Å². The highest BCUT2D eigenvalue weighted by molar-refractivity contribution is 6.32. The number of ether oxygens (including phenoxy) is 1. The molecular formula is C18H17ClN2O3. The summed E-state index contributed by atoms with van der Waals surface area (Å²) in [5.74, 6) is 0.0733. The highest BCUT2D eigenvalue weighted by atomic mass is 35.5. The number of rotatable bonds is 4. The van der Waals surface area contributed by atoms with Crippen LogP contribution in [0.1, 0.15) is 12.0 Å². The largest absolute Gasteiger partial charge is 0.495 e. The minimum Gasteiger partial charge on any atom is -0.495 e. The van der Waals surface area contributed by atoms with Crippen molar-refractivity contribution in [3.8, 4) is 5.75 Å². The zero-order chi connectivity index (χ0) is 17.3. The first-order chi connectivity index (χ1) is 11.5. The first-order valence-corrected chi connectivity index (χ1v) is 7.92. The van der Waals surface area contributed by atoms with E-state index in [1.807, 2.05) is 18.2 Å². The summed E-state index contributed by atoms with van der Waals surface area (Å²) in [6.07, 6.45) is 0.0861. The summed E-state index contributed by atoms with van der Waals surface area (Å²) >= 11 is 6.11. The molecule has 1 fully saturated rings. The number of nitrogens with one attached hydrogen (secondary N) is 1. The van der Waals surface area contributed by atoms with Crippen LogP contribution in [0.25, 0.3) is 0 Å². The minimum atomic E-state index is -0.632. The topological polar surface area (TPSA) is 58.6 Å². The molecule has 0 saturated carbocycles. The van der Waals surface area contributed by atoms with E-state index < -0.39 is 6.04 Å². The molecule has 3 rings (SSSR count). The fourth-order valence-corrected chi connectivity index (χ4v) is 2.96. The Hall–Kier alpha value is -2.53. The number of carbonyl (C=O) groups is 2. The predicted molar refractivity (Wildman–Crippen MR) is 93.7 cm³/mol. The Balaban J connectivity index is 1.88. The molecule has 5 nitrogen and oxygen atoms in total. The molecule has 1 aliphatic rings. The first kappa shape index (κ1) is 16.3. The van der Waals surface area contributed by atoms with Gasteiger partial charge in [0.2, 0.25) is 5.91 Å². The van der Waals surface area contributed by atoms with Crippen LogP contribution >= 0.6 is 11.6 Å². The third-order valence-electron chi connectivity index (χ3n) is 4.06. The lowest BCUT2D eigenvalue weighted by molar-refractivity contribution is -0.121. The molecule has 1 aliphatic heterocycles. The van der Waals surface area contributed by atoms with Gasteiger partial charge in [0, 0.05) is 5.02 Å². The number of benzene rings is 2. The number of hydrogen-bond acceptors (Lipinski definition) is 4. The van der Waals surface area contributed by atoms with Crippen LogP contribution < -0.4 is 15.0 Å². The quantitative estimate of drug-likeness (QED) is 0.864. The van der Waals surface area contributed by atoms with Crippen molar-refractivity contribution in [3.05, 3.63) is 53.1 Å². The molecule has 0 aromatic heterocycles. The van der Waals surface area contributed by atoms with E-state index in [0.29, 0.717) is 27.7 Å². The predicted octanol–water partition coefficient (Wildman–Crippen LogP) is 3.40. The monoisotopic (exact) mass is 344 g/mol. The van der Waals surface area contributed by atoms with E-state index in [9.17, 15) is 9.59 Å². The maximum Gasteiger partial charge on any atom is 0.256 e. The molecule has 0 aliphatic carbocycles. The summed E-state index contributed by atoms with van der Waals surface area (Å²) in [5.41, 5.74) is 1.91. The Morgan fingerprint density at radius 2 is 1.92 bits per heavy atom. The van der Waals surface area contributed by atoms with Gasteiger partial charge in [-0.25, -0.2) is 4.90 Å². The van der Waals surface area contributed by atoms with Crippen LogP contribution in [0.15, 0.2) is 42.5 Å². The lowest BCUT2D eigenvalue weighted by Crippen LogP contribution is -2.35. The molecule has 0 radical (unpaired) electrons. The molecule has 124 valence electrons. The Bertz CT molecular complexity index is 807. The number of carbonyl (C=O) groups excluding carboxylic acids is 2. The molecule has 24 heavy (non-hydrogen) atoms. The summed E-state index contributed by atoms with van der Waals surface area (Å²) in [7, 11) is 1.56. The summed E-state index contributed by atoms with van der Waals surface area (Å²) in [6, 6.07) is 11.8. The number of nitrogens with zero attached hydrogens (tertiary/aromatic N) is 1. The van der Waals surface area contributed by atoms with Gasteiger partial charge in [-0.05, 0) is 36.8 Å². The number of hydrogen-bond donors (Lipinski definition) is 1. The van der Waals surface area contributed by atoms with Crippen molar-refractivity contribution in [2.45, 2.75) is 19.4 Å². The second-order valence-corrected chi connectivity index (χ2v) is 5.96. The first-order valence-electron chi connectivity index (χ1n) is 7.54. The molecule has 1 heterocycles. The van der Waals surface area contributed by atoms with Crippen molar-refractivity contribution >= 4 is 34.8 Å². The normalized spacial score (nSPS) is 17.3. The highest BCUT2D eigenvalue weighted by Crippen LogP contribution is 2.32. The van der Waals surface area contributed by atoms with E-state index in [4.69, 9.17) is 16.3 Å². The van der Waals surface area contributed by atoms with E-state index in [0.717, 1.165) is 0 Å². The number of amides is 2. The van der Waals surface area contributed by atoms with Crippen LogP contribution in [0.2, 0.25) is 5.02 Å². The van der Waals surface area contributed by atoms with E-state index in [-0.39, 0.29) is 18.2 Å². The van der Waals surface area contributed by atoms with Gasteiger partial charge in [-0.3, -0.25) is 9.59 Å². The third kappa shape index (κ3) is 2.83. The lowest BCUT2D eigenvalue weighted by atomic mass is 10.2. The molecule has 1 saturated heterocycles. The van der Waals surface area contributed by atoms with Crippen molar-refractivity contribution in [3.63, 3.8) is 0 Å². The van der Waals surface area contributed by atoms with Gasteiger partial charge in [0.15, 0.2) is 0 Å². The second kappa shape index (κ2) is 6.53. The van der Waals surface area contributed by atoms with Crippen molar-refractivity contribution in [2.24, 2.45) is 0 Å². The minimum absolute atomic E-state index is 0.0861. The third-order valence-corrected chi connectivity index (χ3v) is 4.47. The zero-order valence-corrected chi connectivity index (χ0v) is 14.1. The number of halogens is 1. The average molecular weight is 345 g/mol.